The monoisotopic (exact) mass is 473 g/mol. The fourth-order valence-corrected chi connectivity index (χ4v) is 4.52. The molecule has 0 atom stereocenters. The first-order valence-electron chi connectivity index (χ1n) is 12.6. The van der Waals surface area contributed by atoms with Crippen molar-refractivity contribution in [1.82, 2.24) is 4.98 Å². The SMILES string of the molecule is CCOC(=O)CCC1=CCCc2c(OCCc3nc(-c4ccc(C(C)C)cc4)oc3C)cccc21. The van der Waals surface area contributed by atoms with Crippen LogP contribution < -0.4 is 4.74 Å². The lowest BCUT2D eigenvalue weighted by atomic mass is 9.88. The van der Waals surface area contributed by atoms with Gasteiger partial charge in [-0.25, -0.2) is 4.98 Å². The van der Waals surface area contributed by atoms with E-state index in [1.165, 1.54) is 22.3 Å². The fourth-order valence-electron chi connectivity index (χ4n) is 4.52. The number of nitrogens with zero attached hydrogens (tertiary/aromatic N) is 1. The Kier molecular flexibility index (Phi) is 8.06. The average Bonchev–Trinajstić information content (AvgIpc) is 3.23. The van der Waals surface area contributed by atoms with Gasteiger partial charge in [-0.1, -0.05) is 44.2 Å². The number of rotatable bonds is 10. The van der Waals surface area contributed by atoms with Crippen LogP contribution in [0.1, 0.15) is 74.1 Å². The third kappa shape index (κ3) is 6.02. The Bertz CT molecular complexity index is 1190. The van der Waals surface area contributed by atoms with Gasteiger partial charge in [0.15, 0.2) is 0 Å². The second kappa shape index (κ2) is 11.4. The van der Waals surface area contributed by atoms with Crippen molar-refractivity contribution in [1.29, 1.82) is 0 Å². The summed E-state index contributed by atoms with van der Waals surface area (Å²) < 4.78 is 17.3. The van der Waals surface area contributed by atoms with Crippen molar-refractivity contribution in [3.63, 3.8) is 0 Å². The van der Waals surface area contributed by atoms with Crippen LogP contribution in [-0.4, -0.2) is 24.2 Å². The van der Waals surface area contributed by atoms with Gasteiger partial charge in [-0.2, -0.15) is 0 Å². The van der Waals surface area contributed by atoms with Gasteiger partial charge >= 0.3 is 5.97 Å². The number of oxazole rings is 1. The Hall–Kier alpha value is -3.34. The maximum Gasteiger partial charge on any atom is 0.306 e. The summed E-state index contributed by atoms with van der Waals surface area (Å²) in [5.41, 5.74) is 6.82. The Labute approximate surface area is 208 Å². The predicted octanol–water partition coefficient (Wildman–Crippen LogP) is 7.07. The van der Waals surface area contributed by atoms with Crippen LogP contribution in [0.2, 0.25) is 0 Å². The Morgan fingerprint density at radius 3 is 2.66 bits per heavy atom. The van der Waals surface area contributed by atoms with Crippen LogP contribution in [0.5, 0.6) is 5.75 Å². The van der Waals surface area contributed by atoms with E-state index in [-0.39, 0.29) is 5.97 Å². The first-order chi connectivity index (χ1) is 17.0. The number of ether oxygens (including phenoxy) is 2. The van der Waals surface area contributed by atoms with E-state index in [4.69, 9.17) is 18.9 Å². The smallest absolute Gasteiger partial charge is 0.306 e. The first kappa shape index (κ1) is 24.8. The minimum atomic E-state index is -0.147. The number of benzene rings is 2. The van der Waals surface area contributed by atoms with E-state index >= 15 is 0 Å². The number of allylic oxidation sites excluding steroid dienone is 2. The molecule has 2 aromatic carbocycles. The lowest BCUT2D eigenvalue weighted by Crippen LogP contribution is -2.09. The predicted molar refractivity (Wildman–Crippen MR) is 139 cm³/mol. The molecular weight excluding hydrogens is 438 g/mol. The molecule has 5 heteroatoms. The van der Waals surface area contributed by atoms with E-state index in [9.17, 15) is 4.79 Å². The topological polar surface area (TPSA) is 61.6 Å². The molecule has 1 heterocycles. The molecule has 1 aromatic heterocycles. The molecule has 1 aliphatic rings. The van der Waals surface area contributed by atoms with E-state index in [0.29, 0.717) is 44.3 Å². The van der Waals surface area contributed by atoms with Gasteiger partial charge in [0.1, 0.15) is 11.5 Å². The van der Waals surface area contributed by atoms with E-state index in [1.54, 1.807) is 0 Å². The van der Waals surface area contributed by atoms with E-state index in [0.717, 1.165) is 35.6 Å². The summed E-state index contributed by atoms with van der Waals surface area (Å²) in [6.45, 7) is 9.11. The van der Waals surface area contributed by atoms with Crippen molar-refractivity contribution < 1.29 is 18.7 Å². The summed E-state index contributed by atoms with van der Waals surface area (Å²) in [5.74, 6) is 2.74. The largest absolute Gasteiger partial charge is 0.493 e. The molecule has 0 spiro atoms. The van der Waals surface area contributed by atoms with E-state index in [2.05, 4.69) is 50.3 Å². The van der Waals surface area contributed by atoms with Gasteiger partial charge in [0, 0.05) is 24.0 Å². The highest BCUT2D eigenvalue weighted by Crippen LogP contribution is 2.35. The number of hydrogen-bond acceptors (Lipinski definition) is 5. The number of esters is 1. The molecule has 184 valence electrons. The molecule has 0 bridgehead atoms. The lowest BCUT2D eigenvalue weighted by molar-refractivity contribution is -0.142. The highest BCUT2D eigenvalue weighted by atomic mass is 16.5. The first-order valence-corrected chi connectivity index (χ1v) is 12.6. The van der Waals surface area contributed by atoms with Gasteiger partial charge in [0.2, 0.25) is 5.89 Å². The minimum Gasteiger partial charge on any atom is -0.493 e. The van der Waals surface area contributed by atoms with Crippen molar-refractivity contribution >= 4 is 11.5 Å². The maximum atomic E-state index is 11.8. The number of carbonyl (C=O) groups is 1. The summed E-state index contributed by atoms with van der Waals surface area (Å²) in [7, 11) is 0. The summed E-state index contributed by atoms with van der Waals surface area (Å²) in [6.07, 6.45) is 5.89. The van der Waals surface area contributed by atoms with Crippen molar-refractivity contribution in [3.8, 4) is 17.2 Å². The molecule has 35 heavy (non-hydrogen) atoms. The van der Waals surface area contributed by atoms with Crippen LogP contribution in [0.3, 0.4) is 0 Å². The average molecular weight is 474 g/mol. The molecule has 1 aliphatic carbocycles. The third-order valence-electron chi connectivity index (χ3n) is 6.48. The number of hydrogen-bond donors (Lipinski definition) is 0. The number of aryl methyl sites for hydroxylation is 1. The molecule has 0 aliphatic heterocycles. The highest BCUT2D eigenvalue weighted by molar-refractivity contribution is 5.77. The van der Waals surface area contributed by atoms with Gasteiger partial charge in [-0.05, 0) is 73.9 Å². The molecule has 0 amide bonds. The Balaban J connectivity index is 1.39. The van der Waals surface area contributed by atoms with Gasteiger partial charge in [0.05, 0.1) is 18.9 Å². The van der Waals surface area contributed by atoms with Gasteiger partial charge < -0.3 is 13.9 Å². The summed E-state index contributed by atoms with van der Waals surface area (Å²) in [5, 5.41) is 0. The molecule has 0 fully saturated rings. The summed E-state index contributed by atoms with van der Waals surface area (Å²) in [6, 6.07) is 14.6. The van der Waals surface area contributed by atoms with E-state index in [1.807, 2.05) is 26.0 Å². The van der Waals surface area contributed by atoms with E-state index < -0.39 is 0 Å². The second-order valence-corrected chi connectivity index (χ2v) is 9.25. The number of aromatic nitrogens is 1. The zero-order valence-electron chi connectivity index (χ0n) is 21.2. The van der Waals surface area contributed by atoms with Crippen molar-refractivity contribution in [3.05, 3.63) is 76.7 Å². The molecule has 3 aromatic rings. The molecule has 4 rings (SSSR count). The minimum absolute atomic E-state index is 0.147. The Morgan fingerprint density at radius 2 is 1.91 bits per heavy atom. The molecule has 0 unspecified atom stereocenters. The molecule has 5 nitrogen and oxygen atoms in total. The highest BCUT2D eigenvalue weighted by Gasteiger charge is 2.18. The van der Waals surface area contributed by atoms with Crippen molar-refractivity contribution in [2.75, 3.05) is 13.2 Å². The number of carbonyl (C=O) groups excluding carboxylic acids is 1. The fraction of sp³-hybridized carbons (Fsp3) is 0.400. The summed E-state index contributed by atoms with van der Waals surface area (Å²) in [4.78, 5) is 16.6. The standard InChI is InChI=1S/C30H35NO4/c1-5-33-29(32)17-16-23-8-6-10-26-25(23)9-7-11-28(26)34-19-18-27-21(4)35-30(31-27)24-14-12-22(13-15-24)20(2)3/h7-9,11-15,20H,5-6,10,16-19H2,1-4H3. The quantitative estimate of drug-likeness (QED) is 0.295. The molecule has 0 N–H and O–H groups in total. The molecule has 0 saturated carbocycles. The van der Waals surface area contributed by atoms with Crippen LogP contribution in [0.15, 0.2) is 53.0 Å². The second-order valence-electron chi connectivity index (χ2n) is 9.25. The molecule has 0 radical (unpaired) electrons. The summed E-state index contributed by atoms with van der Waals surface area (Å²) >= 11 is 0. The Morgan fingerprint density at radius 1 is 1.11 bits per heavy atom. The van der Waals surface area contributed by atoms with Gasteiger partial charge in [0.25, 0.3) is 0 Å². The van der Waals surface area contributed by atoms with Crippen molar-refractivity contribution in [2.45, 2.75) is 65.7 Å². The maximum absolute atomic E-state index is 11.8. The van der Waals surface area contributed by atoms with Crippen LogP contribution in [-0.2, 0) is 22.4 Å². The van der Waals surface area contributed by atoms with Crippen LogP contribution in [0.4, 0.5) is 0 Å². The lowest BCUT2D eigenvalue weighted by Gasteiger charge is -2.21. The normalized spacial score (nSPS) is 12.9. The van der Waals surface area contributed by atoms with Gasteiger partial charge in [-0.15, -0.1) is 0 Å². The molecule has 0 saturated heterocycles. The number of fused-ring (bicyclic) bond motifs is 1. The van der Waals surface area contributed by atoms with Crippen molar-refractivity contribution in [2.24, 2.45) is 0 Å². The van der Waals surface area contributed by atoms with Crippen LogP contribution in [0.25, 0.3) is 17.0 Å². The van der Waals surface area contributed by atoms with Crippen LogP contribution in [0, 0.1) is 6.92 Å². The van der Waals surface area contributed by atoms with Gasteiger partial charge in [-0.3, -0.25) is 4.79 Å². The third-order valence-corrected chi connectivity index (χ3v) is 6.48. The zero-order chi connectivity index (χ0) is 24.8. The zero-order valence-corrected chi connectivity index (χ0v) is 21.2. The van der Waals surface area contributed by atoms with Crippen LogP contribution >= 0.6 is 0 Å². The molecular formula is C30H35NO4.